The maximum atomic E-state index is 7.30. The van der Waals surface area contributed by atoms with E-state index in [9.17, 15) is 0 Å². The number of hydrogen-bond acceptors (Lipinski definition) is 4. The Labute approximate surface area is 485 Å². The zero-order valence-electron chi connectivity index (χ0n) is 48.3. The first kappa shape index (κ1) is 50.3. The van der Waals surface area contributed by atoms with Gasteiger partial charge in [-0.3, -0.25) is 0 Å². The highest BCUT2D eigenvalue weighted by Gasteiger charge is 2.49. The zero-order chi connectivity index (χ0) is 56.5. The van der Waals surface area contributed by atoms with Crippen molar-refractivity contribution >= 4 is 99.5 Å². The fraction of sp³-hybridized carbons (Fsp3) is 0.139. The normalized spacial score (nSPS) is 13.2. The molecule has 0 spiro atoms. The average Bonchev–Trinajstić information content (AvgIpc) is 1.62. The van der Waals surface area contributed by atoms with Crippen molar-refractivity contribution in [1.29, 1.82) is 0 Å². The third kappa shape index (κ3) is 7.65. The first-order valence-electron chi connectivity index (χ1n) is 29.2. The van der Waals surface area contributed by atoms with Gasteiger partial charge in [-0.25, -0.2) is 0 Å². The van der Waals surface area contributed by atoms with Crippen molar-refractivity contribution < 1.29 is 8.83 Å². The third-order valence-electron chi connectivity index (χ3n) is 17.7. The van der Waals surface area contributed by atoms with Crippen molar-refractivity contribution in [2.24, 2.45) is 0 Å². The molecule has 0 atom stereocenters. The quantitative estimate of drug-likeness (QED) is 0.152. The van der Waals surface area contributed by atoms with Crippen LogP contribution in [0.5, 0.6) is 0 Å². The van der Waals surface area contributed by atoms with Crippen molar-refractivity contribution in [2.45, 2.75) is 71.6 Å². The smallest absolute Gasteiger partial charge is 0.159 e. The van der Waals surface area contributed by atoms with Crippen LogP contribution in [0.25, 0.3) is 76.5 Å². The minimum atomic E-state index is -0.831. The number of anilines is 6. The summed E-state index contributed by atoms with van der Waals surface area (Å²) in [6.07, 6.45) is 0. The highest BCUT2D eigenvalue weighted by molar-refractivity contribution is 6.20. The summed E-state index contributed by atoms with van der Waals surface area (Å²) in [6.45, 7) is 17.9. The van der Waals surface area contributed by atoms with Crippen molar-refractivity contribution in [2.75, 3.05) is 9.80 Å². The van der Waals surface area contributed by atoms with Crippen LogP contribution in [0.2, 0.25) is 0 Å². The standard InChI is InChI=1S/C79H64N2O2/c1-49-39-43-53(44-40-49)80(67-37-21-33-61-59-31-19-35-63(77(3,4)5)73(59)82-75(61)67)69-47-65-71(57-29-17-15-27-55(57)69)72-58-30-18-16-28-56(58)70(48-66(72)79(65,51-23-11-9-12-24-51)52-25-13-10-14-26-52)81(54-45-41-50(2)42-46-54)68-38-22-34-62-60-32-20-36-64(78(6,7)8)74(60)83-76(62)68/h9-48H,1-8H3. The monoisotopic (exact) mass is 1070 g/mol. The molecule has 4 heteroatoms. The molecule has 0 unspecified atom stereocenters. The lowest BCUT2D eigenvalue weighted by molar-refractivity contribution is 0.572. The molecule has 4 nitrogen and oxygen atoms in total. The highest BCUT2D eigenvalue weighted by Crippen LogP contribution is 2.63. The molecular formula is C79H64N2O2. The number of rotatable bonds is 8. The van der Waals surface area contributed by atoms with Gasteiger partial charge in [0.2, 0.25) is 0 Å². The number of para-hydroxylation sites is 4. The molecule has 0 fully saturated rings. The molecule has 2 heterocycles. The van der Waals surface area contributed by atoms with Gasteiger partial charge in [0.15, 0.2) is 11.2 Å². The van der Waals surface area contributed by atoms with Gasteiger partial charge in [-0.1, -0.05) is 247 Å². The van der Waals surface area contributed by atoms with Crippen molar-refractivity contribution in [3.63, 3.8) is 0 Å². The van der Waals surface area contributed by atoms with Crippen LogP contribution in [-0.4, -0.2) is 0 Å². The van der Waals surface area contributed by atoms with Crippen molar-refractivity contribution in [1.82, 2.24) is 0 Å². The van der Waals surface area contributed by atoms with Crippen LogP contribution in [-0.2, 0) is 16.2 Å². The molecular weight excluding hydrogens is 1010 g/mol. The molecule has 12 aromatic carbocycles. The lowest BCUT2D eigenvalue weighted by Crippen LogP contribution is -2.29. The first-order valence-corrected chi connectivity index (χ1v) is 29.2. The van der Waals surface area contributed by atoms with Crippen LogP contribution in [0.15, 0.2) is 251 Å². The van der Waals surface area contributed by atoms with Crippen LogP contribution >= 0.6 is 0 Å². The number of fused-ring (bicyclic) bond motifs is 13. The van der Waals surface area contributed by atoms with E-state index in [0.717, 1.165) is 88.8 Å². The molecule has 0 aliphatic heterocycles. The summed E-state index contributed by atoms with van der Waals surface area (Å²) in [7, 11) is 0. The van der Waals surface area contributed by atoms with Crippen LogP contribution in [0.1, 0.15) is 86.1 Å². The highest BCUT2D eigenvalue weighted by atomic mass is 16.3. The van der Waals surface area contributed by atoms with Gasteiger partial charge < -0.3 is 18.6 Å². The van der Waals surface area contributed by atoms with Crippen LogP contribution < -0.4 is 9.80 Å². The first-order chi connectivity index (χ1) is 40.3. The van der Waals surface area contributed by atoms with Gasteiger partial charge in [0.1, 0.15) is 11.2 Å². The van der Waals surface area contributed by atoms with E-state index in [1.807, 2.05) is 0 Å². The molecule has 402 valence electrons. The van der Waals surface area contributed by atoms with Crippen LogP contribution in [0.4, 0.5) is 34.1 Å². The largest absolute Gasteiger partial charge is 0.454 e. The number of nitrogens with zero attached hydrogens (tertiary/aromatic N) is 2. The van der Waals surface area contributed by atoms with E-state index in [1.54, 1.807) is 0 Å². The molecule has 0 amide bonds. The number of furan rings is 2. The Balaban J connectivity index is 1.08. The van der Waals surface area contributed by atoms with Gasteiger partial charge in [0.25, 0.3) is 0 Å². The Kier molecular flexibility index (Phi) is 11.3. The molecule has 0 radical (unpaired) electrons. The topological polar surface area (TPSA) is 32.8 Å². The Morgan fingerprint density at radius 2 is 0.627 bits per heavy atom. The van der Waals surface area contributed by atoms with E-state index in [0.29, 0.717) is 0 Å². The molecule has 2 aromatic heterocycles. The molecule has 15 rings (SSSR count). The number of hydrogen-bond donors (Lipinski definition) is 0. The van der Waals surface area contributed by atoms with Gasteiger partial charge in [0, 0.05) is 54.8 Å². The molecule has 0 saturated heterocycles. The Morgan fingerprint density at radius 3 is 1.00 bits per heavy atom. The summed E-state index contributed by atoms with van der Waals surface area (Å²) in [6, 6.07) is 90.3. The minimum absolute atomic E-state index is 0.133. The summed E-state index contributed by atoms with van der Waals surface area (Å²) in [5, 5.41) is 9.04. The van der Waals surface area contributed by atoms with Crippen molar-refractivity contribution in [3.05, 3.63) is 287 Å². The second-order valence-electron chi connectivity index (χ2n) is 24.9. The third-order valence-corrected chi connectivity index (χ3v) is 17.7. The van der Waals surface area contributed by atoms with Crippen LogP contribution in [0.3, 0.4) is 0 Å². The van der Waals surface area contributed by atoms with E-state index in [2.05, 4.69) is 308 Å². The van der Waals surface area contributed by atoms with Gasteiger partial charge in [-0.05, 0) is 117 Å². The summed E-state index contributed by atoms with van der Waals surface area (Å²) >= 11 is 0. The van der Waals surface area contributed by atoms with Gasteiger partial charge in [0.05, 0.1) is 28.2 Å². The molecule has 0 bridgehead atoms. The van der Waals surface area contributed by atoms with Crippen LogP contribution in [0, 0.1) is 13.8 Å². The molecule has 0 N–H and O–H groups in total. The summed E-state index contributed by atoms with van der Waals surface area (Å²) < 4.78 is 14.6. The predicted octanol–water partition coefficient (Wildman–Crippen LogP) is 22.3. The Morgan fingerprint density at radius 1 is 0.301 bits per heavy atom. The number of aryl methyl sites for hydroxylation is 2. The lowest BCUT2D eigenvalue weighted by Gasteiger charge is -2.36. The van der Waals surface area contributed by atoms with Gasteiger partial charge in [-0.15, -0.1) is 0 Å². The van der Waals surface area contributed by atoms with E-state index in [4.69, 9.17) is 8.83 Å². The SMILES string of the molecule is Cc1ccc(N(c2cc3c(c4ccccc24)-c2c(cc(N(c4ccc(C)cc4)c4cccc5c4oc4c(C(C)(C)C)cccc45)c4ccccc24)C3(c2ccccc2)c2ccccc2)c2cccc3c2oc2c(C(C)(C)C)cccc23)cc1. The summed E-state index contributed by atoms with van der Waals surface area (Å²) in [4.78, 5) is 4.93. The predicted molar refractivity (Wildman–Crippen MR) is 350 cm³/mol. The van der Waals surface area contributed by atoms with E-state index >= 15 is 0 Å². The maximum Gasteiger partial charge on any atom is 0.159 e. The van der Waals surface area contributed by atoms with E-state index in [-0.39, 0.29) is 10.8 Å². The molecule has 1 aliphatic rings. The van der Waals surface area contributed by atoms with E-state index in [1.165, 1.54) is 66.4 Å². The molecule has 0 saturated carbocycles. The molecule has 83 heavy (non-hydrogen) atoms. The lowest BCUT2D eigenvalue weighted by atomic mass is 9.67. The summed E-state index contributed by atoms with van der Waals surface area (Å²) in [5.41, 5.74) is 20.6. The van der Waals surface area contributed by atoms with E-state index < -0.39 is 5.41 Å². The Hall–Kier alpha value is -9.64. The fourth-order valence-corrected chi connectivity index (χ4v) is 13.9. The second kappa shape index (κ2) is 18.7. The fourth-order valence-electron chi connectivity index (χ4n) is 13.9. The molecule has 1 aliphatic carbocycles. The van der Waals surface area contributed by atoms with Gasteiger partial charge in [-0.2, -0.15) is 0 Å². The second-order valence-corrected chi connectivity index (χ2v) is 24.9. The molecule has 14 aromatic rings. The van der Waals surface area contributed by atoms with Crippen molar-refractivity contribution in [3.8, 4) is 11.1 Å². The number of benzene rings is 12. The average molecular weight is 1070 g/mol. The Bertz CT molecular complexity index is 4570. The van der Waals surface area contributed by atoms with Gasteiger partial charge >= 0.3 is 0 Å². The minimum Gasteiger partial charge on any atom is -0.454 e. The zero-order valence-corrected chi connectivity index (χ0v) is 48.3. The maximum absolute atomic E-state index is 7.30. The summed E-state index contributed by atoms with van der Waals surface area (Å²) in [5.74, 6) is 0.